The van der Waals surface area contributed by atoms with Gasteiger partial charge in [-0.05, 0) is 72.6 Å². The van der Waals surface area contributed by atoms with Crippen molar-refractivity contribution >= 4 is 40.9 Å². The maximum atomic E-state index is 13.3. The lowest BCUT2D eigenvalue weighted by Gasteiger charge is -2.37. The first-order valence-electron chi connectivity index (χ1n) is 11.1. The van der Waals surface area contributed by atoms with Gasteiger partial charge in [-0.2, -0.15) is 0 Å². The summed E-state index contributed by atoms with van der Waals surface area (Å²) in [6.07, 6.45) is 5.35. The number of anilines is 1. The Morgan fingerprint density at radius 3 is 2.18 bits per heavy atom. The fraction of sp³-hybridized carbons (Fsp3) is 0.308. The molecule has 7 rings (SSSR count). The largest absolute Gasteiger partial charge is 0.454 e. The molecule has 4 aliphatic carbocycles. The second-order valence-corrected chi connectivity index (χ2v) is 9.66. The van der Waals surface area contributed by atoms with Crippen LogP contribution in [0.5, 0.6) is 0 Å². The molecule has 0 unspecified atom stereocenters. The molecule has 2 aromatic rings. The van der Waals surface area contributed by atoms with E-state index < -0.39 is 12.6 Å². The third-order valence-corrected chi connectivity index (χ3v) is 7.76. The van der Waals surface area contributed by atoms with Gasteiger partial charge in [0.2, 0.25) is 11.8 Å². The summed E-state index contributed by atoms with van der Waals surface area (Å²) >= 11 is 5.83. The zero-order valence-electron chi connectivity index (χ0n) is 17.5. The molecule has 2 bridgehead atoms. The zero-order valence-corrected chi connectivity index (χ0v) is 18.3. The molecule has 166 valence electrons. The number of hydrogen-bond acceptors (Lipinski definition) is 5. The SMILES string of the molecule is O=C(COC(=O)c1cccc(N2C(=O)[C@@H]3[C@H]4C=C[C@H]([C@H]5C[C@H]45)[C@@H]3C2=O)c1)c1ccc(Cl)cc1. The Bertz CT molecular complexity index is 1200. The van der Waals surface area contributed by atoms with Gasteiger partial charge in [-0.15, -0.1) is 0 Å². The van der Waals surface area contributed by atoms with Crippen LogP contribution in [0.25, 0.3) is 0 Å². The van der Waals surface area contributed by atoms with Gasteiger partial charge in [-0.3, -0.25) is 14.4 Å². The predicted octanol–water partition coefficient (Wildman–Crippen LogP) is 3.94. The van der Waals surface area contributed by atoms with Crippen molar-refractivity contribution in [1.82, 2.24) is 0 Å². The van der Waals surface area contributed by atoms with Crippen LogP contribution in [-0.4, -0.2) is 30.2 Å². The number of allylic oxidation sites excluding steroid dienone is 2. The number of nitrogens with zero attached hydrogens (tertiary/aromatic N) is 1. The van der Waals surface area contributed by atoms with Crippen LogP contribution in [0.2, 0.25) is 5.02 Å². The summed E-state index contributed by atoms with van der Waals surface area (Å²) in [6.45, 7) is -0.422. The highest BCUT2D eigenvalue weighted by Gasteiger charge is 2.67. The van der Waals surface area contributed by atoms with E-state index in [1.807, 2.05) is 0 Å². The number of benzene rings is 2. The third-order valence-electron chi connectivity index (χ3n) is 7.50. The highest BCUT2D eigenvalue weighted by molar-refractivity contribution is 6.30. The molecule has 6 nitrogen and oxygen atoms in total. The molecule has 0 N–H and O–H groups in total. The average Bonchev–Trinajstić information content (AvgIpc) is 3.61. The summed E-state index contributed by atoms with van der Waals surface area (Å²) in [5.74, 6) is -0.693. The van der Waals surface area contributed by atoms with Gasteiger partial charge in [0.15, 0.2) is 12.4 Å². The summed E-state index contributed by atoms with van der Waals surface area (Å²) in [7, 11) is 0. The van der Waals surface area contributed by atoms with Crippen LogP contribution in [-0.2, 0) is 14.3 Å². The quantitative estimate of drug-likeness (QED) is 0.291. The smallest absolute Gasteiger partial charge is 0.338 e. The average molecular weight is 462 g/mol. The number of ether oxygens (including phenoxy) is 1. The van der Waals surface area contributed by atoms with Crippen molar-refractivity contribution in [3.8, 4) is 0 Å². The van der Waals surface area contributed by atoms with Crippen LogP contribution in [0.15, 0.2) is 60.7 Å². The predicted molar refractivity (Wildman–Crippen MR) is 120 cm³/mol. The highest BCUT2D eigenvalue weighted by atomic mass is 35.5. The van der Waals surface area contributed by atoms with Gasteiger partial charge in [0.25, 0.3) is 0 Å². The minimum atomic E-state index is -0.696. The van der Waals surface area contributed by atoms with Crippen molar-refractivity contribution in [2.75, 3.05) is 11.5 Å². The van der Waals surface area contributed by atoms with E-state index in [-0.39, 0.29) is 46.8 Å². The van der Waals surface area contributed by atoms with E-state index in [1.54, 1.807) is 36.4 Å². The van der Waals surface area contributed by atoms with Crippen molar-refractivity contribution in [3.05, 3.63) is 76.8 Å². The lowest BCUT2D eigenvalue weighted by atomic mass is 9.63. The second kappa shape index (κ2) is 7.39. The zero-order chi connectivity index (χ0) is 22.9. The van der Waals surface area contributed by atoms with Crippen molar-refractivity contribution in [1.29, 1.82) is 0 Å². The van der Waals surface area contributed by atoms with E-state index in [9.17, 15) is 19.2 Å². The molecule has 1 aliphatic heterocycles. The highest BCUT2D eigenvalue weighted by Crippen LogP contribution is 2.65. The van der Waals surface area contributed by atoms with Crippen LogP contribution in [0, 0.1) is 35.5 Å². The number of rotatable bonds is 5. The molecule has 0 aromatic heterocycles. The van der Waals surface area contributed by atoms with Crippen molar-refractivity contribution < 1.29 is 23.9 Å². The summed E-state index contributed by atoms with van der Waals surface area (Å²) in [4.78, 5) is 52.7. The number of hydrogen-bond donors (Lipinski definition) is 0. The Labute approximate surface area is 195 Å². The second-order valence-electron chi connectivity index (χ2n) is 9.22. The number of Topliss-reactive ketones (excluding diaryl/α,β-unsaturated/α-hetero) is 1. The lowest BCUT2D eigenvalue weighted by molar-refractivity contribution is -0.124. The lowest BCUT2D eigenvalue weighted by Crippen LogP contribution is -2.40. The van der Waals surface area contributed by atoms with E-state index in [2.05, 4.69) is 12.2 Å². The van der Waals surface area contributed by atoms with Crippen LogP contribution in [0.4, 0.5) is 5.69 Å². The monoisotopic (exact) mass is 461 g/mol. The molecule has 2 saturated carbocycles. The van der Waals surface area contributed by atoms with Crippen molar-refractivity contribution in [2.24, 2.45) is 35.5 Å². The third kappa shape index (κ3) is 3.16. The van der Waals surface area contributed by atoms with Gasteiger partial charge in [-0.25, -0.2) is 9.69 Å². The van der Waals surface area contributed by atoms with Gasteiger partial charge in [0.1, 0.15) is 0 Å². The molecular weight excluding hydrogens is 442 g/mol. The van der Waals surface area contributed by atoms with Crippen LogP contribution in [0.3, 0.4) is 0 Å². The molecule has 0 spiro atoms. The van der Waals surface area contributed by atoms with E-state index in [0.29, 0.717) is 28.1 Å². The number of carbonyl (C=O) groups is 4. The number of ketones is 1. The van der Waals surface area contributed by atoms with E-state index >= 15 is 0 Å². The molecule has 0 radical (unpaired) electrons. The maximum Gasteiger partial charge on any atom is 0.338 e. The number of amides is 2. The van der Waals surface area contributed by atoms with Gasteiger partial charge in [-0.1, -0.05) is 29.8 Å². The Morgan fingerprint density at radius 1 is 0.909 bits per heavy atom. The minimum absolute atomic E-state index is 0.137. The van der Waals surface area contributed by atoms with Gasteiger partial charge >= 0.3 is 5.97 Å². The van der Waals surface area contributed by atoms with Crippen LogP contribution >= 0.6 is 11.6 Å². The standard InChI is InChI=1S/C26H20ClNO5/c27-15-6-4-13(5-7-15)21(29)12-33-26(32)14-2-1-3-16(10-14)28-24(30)22-17-8-9-18(20-11-19(17)20)23(22)25(28)31/h1-10,17-20,22-23H,11-12H2/t17-,18+,19-,20-,22+,23-/m1/s1. The number of halogens is 1. The molecule has 6 atom stereocenters. The van der Waals surface area contributed by atoms with Crippen molar-refractivity contribution in [3.63, 3.8) is 0 Å². The molecule has 2 amide bonds. The number of esters is 1. The van der Waals surface area contributed by atoms with E-state index in [0.717, 1.165) is 6.42 Å². The summed E-state index contributed by atoms with van der Waals surface area (Å²) in [5.41, 5.74) is 0.930. The molecule has 1 saturated heterocycles. The Kier molecular flexibility index (Phi) is 4.56. The Balaban J connectivity index is 1.18. The Hall–Kier alpha value is -3.25. The Morgan fingerprint density at radius 2 is 1.55 bits per heavy atom. The number of imide groups is 1. The normalized spacial score (nSPS) is 30.8. The molecule has 1 heterocycles. The van der Waals surface area contributed by atoms with Gasteiger partial charge < -0.3 is 4.74 Å². The summed E-state index contributed by atoms with van der Waals surface area (Å²) in [5, 5.41) is 0.507. The topological polar surface area (TPSA) is 80.8 Å². The minimum Gasteiger partial charge on any atom is -0.454 e. The molecule has 3 fully saturated rings. The first-order valence-corrected chi connectivity index (χ1v) is 11.4. The summed E-state index contributed by atoms with van der Waals surface area (Å²) < 4.78 is 5.18. The fourth-order valence-electron chi connectivity index (χ4n) is 5.92. The molecular formula is C26H20ClNO5. The maximum absolute atomic E-state index is 13.3. The van der Waals surface area contributed by atoms with Gasteiger partial charge in [0.05, 0.1) is 23.1 Å². The van der Waals surface area contributed by atoms with Crippen LogP contribution < -0.4 is 4.90 Å². The number of carbonyl (C=O) groups excluding carboxylic acids is 4. The molecule has 33 heavy (non-hydrogen) atoms. The first kappa shape index (κ1) is 20.4. The van der Waals surface area contributed by atoms with Crippen molar-refractivity contribution in [2.45, 2.75) is 6.42 Å². The van der Waals surface area contributed by atoms with E-state index in [4.69, 9.17) is 16.3 Å². The summed E-state index contributed by atoms with van der Waals surface area (Å²) in [6, 6.07) is 12.6. The molecule has 5 aliphatic rings. The fourth-order valence-corrected chi connectivity index (χ4v) is 6.04. The first-order chi connectivity index (χ1) is 15.9. The van der Waals surface area contributed by atoms with E-state index in [1.165, 1.54) is 17.0 Å². The molecule has 2 aromatic carbocycles. The van der Waals surface area contributed by atoms with Gasteiger partial charge in [0, 0.05) is 10.6 Å². The molecule has 7 heteroatoms. The van der Waals surface area contributed by atoms with Crippen LogP contribution in [0.1, 0.15) is 27.1 Å².